The van der Waals surface area contributed by atoms with Gasteiger partial charge in [0.2, 0.25) is 0 Å². The average Bonchev–Trinajstić information content (AvgIpc) is 2.85. The van der Waals surface area contributed by atoms with Crippen LogP contribution in [0.2, 0.25) is 0 Å². The minimum atomic E-state index is -0.856. The molecule has 104 valence electrons. The summed E-state index contributed by atoms with van der Waals surface area (Å²) in [6.07, 6.45) is 1.17. The number of carboxylic acid groups (broad SMARTS) is 1. The van der Waals surface area contributed by atoms with Gasteiger partial charge in [-0.05, 0) is 50.7 Å². The smallest absolute Gasteiger partial charge is 0.335 e. The first-order valence-electron chi connectivity index (χ1n) is 6.76. The number of nitrogens with zero attached hydrogens (tertiary/aromatic N) is 2. The van der Waals surface area contributed by atoms with Gasteiger partial charge >= 0.3 is 5.97 Å². The molecule has 1 N–H and O–H groups in total. The zero-order valence-corrected chi connectivity index (χ0v) is 11.7. The Labute approximate surface area is 114 Å². The number of carbonyl (C=O) groups is 1. The van der Waals surface area contributed by atoms with E-state index in [9.17, 15) is 4.79 Å². The van der Waals surface area contributed by atoms with Crippen LogP contribution in [0.4, 0.5) is 0 Å². The maximum atomic E-state index is 10.8. The van der Waals surface area contributed by atoms with Crippen LogP contribution in [0.3, 0.4) is 0 Å². The molecule has 2 rings (SSSR count). The Morgan fingerprint density at radius 2 is 2.05 bits per heavy atom. The Bertz CT molecular complexity index is 428. The second-order valence-electron chi connectivity index (χ2n) is 5.52. The molecule has 1 aliphatic rings. The summed E-state index contributed by atoms with van der Waals surface area (Å²) in [7, 11) is 4.19. The number of benzene rings is 1. The molecule has 0 bridgehead atoms. The van der Waals surface area contributed by atoms with Gasteiger partial charge < -0.3 is 14.9 Å². The molecule has 4 heteroatoms. The van der Waals surface area contributed by atoms with E-state index in [1.807, 2.05) is 12.1 Å². The van der Waals surface area contributed by atoms with Crippen LogP contribution in [0.25, 0.3) is 0 Å². The number of rotatable bonds is 5. The third-order valence-corrected chi connectivity index (χ3v) is 3.76. The van der Waals surface area contributed by atoms with Crippen molar-refractivity contribution in [3.05, 3.63) is 35.4 Å². The number of likely N-dealkylation sites (tertiary alicyclic amines) is 1. The highest BCUT2D eigenvalue weighted by Crippen LogP contribution is 2.27. The summed E-state index contributed by atoms with van der Waals surface area (Å²) in [5, 5.41) is 8.89. The SMILES string of the molecule is CN(C)CCN1CCC(c2ccc(C(=O)O)cc2)C1. The third-order valence-electron chi connectivity index (χ3n) is 3.76. The van der Waals surface area contributed by atoms with Crippen molar-refractivity contribution in [2.75, 3.05) is 40.3 Å². The van der Waals surface area contributed by atoms with Crippen LogP contribution in [0.15, 0.2) is 24.3 Å². The Balaban J connectivity index is 1.91. The van der Waals surface area contributed by atoms with E-state index in [4.69, 9.17) is 5.11 Å². The van der Waals surface area contributed by atoms with Crippen molar-refractivity contribution >= 4 is 5.97 Å². The summed E-state index contributed by atoms with van der Waals surface area (Å²) in [5.41, 5.74) is 1.63. The third kappa shape index (κ3) is 3.78. The molecule has 0 amide bonds. The maximum absolute atomic E-state index is 10.8. The molecule has 1 fully saturated rings. The lowest BCUT2D eigenvalue weighted by Gasteiger charge is -2.18. The number of aromatic carboxylic acids is 1. The zero-order chi connectivity index (χ0) is 13.8. The molecule has 0 aromatic heterocycles. The van der Waals surface area contributed by atoms with Crippen LogP contribution in [-0.2, 0) is 0 Å². The summed E-state index contributed by atoms with van der Waals surface area (Å²) < 4.78 is 0. The average molecular weight is 262 g/mol. The van der Waals surface area contributed by atoms with Gasteiger partial charge in [0, 0.05) is 19.6 Å². The van der Waals surface area contributed by atoms with E-state index in [1.54, 1.807) is 12.1 Å². The standard InChI is InChI=1S/C15H22N2O2/c1-16(2)9-10-17-8-7-14(11-17)12-3-5-13(6-4-12)15(18)19/h3-6,14H,7-11H2,1-2H3,(H,18,19). The molecule has 0 aliphatic carbocycles. The van der Waals surface area contributed by atoms with Crippen molar-refractivity contribution in [3.8, 4) is 0 Å². The van der Waals surface area contributed by atoms with Crippen LogP contribution in [0.1, 0.15) is 28.3 Å². The van der Waals surface area contributed by atoms with Gasteiger partial charge in [-0.25, -0.2) is 4.79 Å². The molecular weight excluding hydrogens is 240 g/mol. The Morgan fingerprint density at radius 1 is 1.37 bits per heavy atom. The van der Waals surface area contributed by atoms with Gasteiger partial charge in [0.15, 0.2) is 0 Å². The van der Waals surface area contributed by atoms with Crippen molar-refractivity contribution in [1.29, 1.82) is 0 Å². The second kappa shape index (κ2) is 6.17. The van der Waals surface area contributed by atoms with E-state index in [0.717, 1.165) is 26.2 Å². The summed E-state index contributed by atoms with van der Waals surface area (Å²) >= 11 is 0. The van der Waals surface area contributed by atoms with Gasteiger partial charge in [0.05, 0.1) is 5.56 Å². The van der Waals surface area contributed by atoms with Crippen LogP contribution < -0.4 is 0 Å². The van der Waals surface area contributed by atoms with Gasteiger partial charge in [-0.3, -0.25) is 0 Å². The Hall–Kier alpha value is -1.39. The molecule has 1 aliphatic heterocycles. The van der Waals surface area contributed by atoms with Crippen molar-refractivity contribution < 1.29 is 9.90 Å². The zero-order valence-electron chi connectivity index (χ0n) is 11.7. The van der Waals surface area contributed by atoms with Gasteiger partial charge in [-0.15, -0.1) is 0 Å². The quantitative estimate of drug-likeness (QED) is 0.878. The van der Waals surface area contributed by atoms with Gasteiger partial charge in [0.25, 0.3) is 0 Å². The molecular formula is C15H22N2O2. The minimum absolute atomic E-state index is 0.367. The van der Waals surface area contributed by atoms with E-state index >= 15 is 0 Å². The molecule has 19 heavy (non-hydrogen) atoms. The summed E-state index contributed by atoms with van der Waals surface area (Å²) in [5.74, 6) is -0.310. The van der Waals surface area contributed by atoms with Crippen molar-refractivity contribution in [3.63, 3.8) is 0 Å². The molecule has 4 nitrogen and oxygen atoms in total. The molecule has 1 aromatic rings. The fourth-order valence-electron chi connectivity index (χ4n) is 2.55. The van der Waals surface area contributed by atoms with Crippen LogP contribution in [0.5, 0.6) is 0 Å². The highest BCUT2D eigenvalue weighted by atomic mass is 16.4. The van der Waals surface area contributed by atoms with E-state index in [2.05, 4.69) is 23.9 Å². The highest BCUT2D eigenvalue weighted by Gasteiger charge is 2.23. The molecule has 1 unspecified atom stereocenters. The minimum Gasteiger partial charge on any atom is -0.478 e. The molecule has 1 saturated heterocycles. The maximum Gasteiger partial charge on any atom is 0.335 e. The molecule has 1 aromatic carbocycles. The molecule has 0 saturated carbocycles. The van der Waals surface area contributed by atoms with E-state index in [1.165, 1.54) is 12.0 Å². The van der Waals surface area contributed by atoms with Crippen molar-refractivity contribution in [2.24, 2.45) is 0 Å². The van der Waals surface area contributed by atoms with Crippen LogP contribution in [0, 0.1) is 0 Å². The first-order chi connectivity index (χ1) is 9.06. The van der Waals surface area contributed by atoms with Gasteiger partial charge in [0.1, 0.15) is 0 Å². The molecule has 0 spiro atoms. The van der Waals surface area contributed by atoms with Crippen molar-refractivity contribution in [2.45, 2.75) is 12.3 Å². The van der Waals surface area contributed by atoms with Crippen LogP contribution >= 0.6 is 0 Å². The van der Waals surface area contributed by atoms with Crippen LogP contribution in [-0.4, -0.2) is 61.2 Å². The molecule has 0 radical (unpaired) electrons. The predicted molar refractivity (Wildman–Crippen MR) is 75.8 cm³/mol. The number of carboxylic acids is 1. The lowest BCUT2D eigenvalue weighted by atomic mass is 9.97. The highest BCUT2D eigenvalue weighted by molar-refractivity contribution is 5.87. The molecule has 1 atom stereocenters. The molecule has 1 heterocycles. The van der Waals surface area contributed by atoms with Gasteiger partial charge in [-0.1, -0.05) is 12.1 Å². The number of likely N-dealkylation sites (N-methyl/N-ethyl adjacent to an activating group) is 1. The van der Waals surface area contributed by atoms with E-state index in [-0.39, 0.29) is 0 Å². The lowest BCUT2D eigenvalue weighted by molar-refractivity contribution is 0.0697. The van der Waals surface area contributed by atoms with Gasteiger partial charge in [-0.2, -0.15) is 0 Å². The Kier molecular flexibility index (Phi) is 4.56. The lowest BCUT2D eigenvalue weighted by Crippen LogP contribution is -2.29. The first-order valence-corrected chi connectivity index (χ1v) is 6.76. The number of hydrogen-bond donors (Lipinski definition) is 1. The summed E-state index contributed by atoms with van der Waals surface area (Å²) in [4.78, 5) is 15.5. The summed E-state index contributed by atoms with van der Waals surface area (Å²) in [6.45, 7) is 4.42. The Morgan fingerprint density at radius 3 is 2.63 bits per heavy atom. The fourth-order valence-corrected chi connectivity index (χ4v) is 2.55. The topological polar surface area (TPSA) is 43.8 Å². The second-order valence-corrected chi connectivity index (χ2v) is 5.52. The van der Waals surface area contributed by atoms with E-state index < -0.39 is 5.97 Å². The monoisotopic (exact) mass is 262 g/mol. The number of hydrogen-bond acceptors (Lipinski definition) is 3. The normalized spacial score (nSPS) is 20.1. The van der Waals surface area contributed by atoms with Crippen molar-refractivity contribution in [1.82, 2.24) is 9.80 Å². The predicted octanol–water partition coefficient (Wildman–Crippen LogP) is 1.74. The van der Waals surface area contributed by atoms with E-state index in [0.29, 0.717) is 11.5 Å². The fraction of sp³-hybridized carbons (Fsp3) is 0.533. The largest absolute Gasteiger partial charge is 0.478 e. The first kappa shape index (κ1) is 14.0. The summed E-state index contributed by atoms with van der Waals surface area (Å²) in [6, 6.07) is 7.34.